The second-order valence-electron chi connectivity index (χ2n) is 7.65. The van der Waals surface area contributed by atoms with Crippen molar-refractivity contribution in [3.05, 3.63) is 48.0 Å². The lowest BCUT2D eigenvalue weighted by Crippen LogP contribution is -2.47. The van der Waals surface area contributed by atoms with Gasteiger partial charge in [0.15, 0.2) is 11.5 Å². The zero-order valence-corrected chi connectivity index (χ0v) is 18.9. The Morgan fingerprint density at radius 3 is 2.17 bits per heavy atom. The number of unbranched alkanes of at least 4 members (excludes halogenated alkanes) is 3. The fraction of sp³-hybridized carbons (Fsp3) is 0.500. The van der Waals surface area contributed by atoms with Gasteiger partial charge in [0.25, 0.3) is 0 Å². The zero-order valence-electron chi connectivity index (χ0n) is 18.1. The monoisotopic (exact) mass is 437 g/mol. The third-order valence-corrected chi connectivity index (χ3v) is 5.25. The molecule has 5 nitrogen and oxygen atoms in total. The largest absolute Gasteiger partial charge is 0.493 e. The van der Waals surface area contributed by atoms with Gasteiger partial charge in [-0.3, -0.25) is 0 Å². The predicted molar refractivity (Wildman–Crippen MR) is 125 cm³/mol. The van der Waals surface area contributed by atoms with Gasteiger partial charge in [-0.2, -0.15) is 0 Å². The summed E-state index contributed by atoms with van der Waals surface area (Å²) >= 11 is 0. The van der Waals surface area contributed by atoms with Crippen molar-refractivity contribution in [1.29, 1.82) is 0 Å². The fourth-order valence-electron chi connectivity index (χ4n) is 3.14. The highest BCUT2D eigenvalue weighted by Gasteiger charge is 2.22. The molecule has 2 aromatic rings. The lowest BCUT2D eigenvalue weighted by molar-refractivity contribution is 0.115. The first-order valence-electron chi connectivity index (χ1n) is 10.5. The van der Waals surface area contributed by atoms with Crippen LogP contribution < -0.4 is 15.2 Å². The molecule has 168 valence electrons. The van der Waals surface area contributed by atoms with Gasteiger partial charge in [-0.15, -0.1) is 12.4 Å². The van der Waals surface area contributed by atoms with Crippen LogP contribution in [0.2, 0.25) is 0 Å². The number of methoxy groups -OCH3 is 1. The Balaban J connectivity index is 0.00000450. The highest BCUT2D eigenvalue weighted by Crippen LogP contribution is 2.33. The molecule has 0 aromatic heterocycles. The first-order chi connectivity index (χ1) is 14.0. The molecule has 0 saturated carbocycles. The molecule has 0 bridgehead atoms. The van der Waals surface area contributed by atoms with E-state index in [0.717, 1.165) is 34.6 Å². The average Bonchev–Trinajstić information content (AvgIpc) is 2.77. The summed E-state index contributed by atoms with van der Waals surface area (Å²) < 4.78 is 11.4. The Bertz CT molecular complexity index is 732. The molecule has 0 radical (unpaired) electrons. The van der Waals surface area contributed by atoms with Crippen LogP contribution in [0.3, 0.4) is 0 Å². The summed E-state index contributed by atoms with van der Waals surface area (Å²) in [5, 5.41) is 18.6. The van der Waals surface area contributed by atoms with Crippen molar-refractivity contribution < 1.29 is 19.7 Å². The predicted octanol–water partition coefficient (Wildman–Crippen LogP) is 4.36. The molecule has 0 aliphatic heterocycles. The van der Waals surface area contributed by atoms with Gasteiger partial charge >= 0.3 is 0 Å². The van der Waals surface area contributed by atoms with E-state index in [0.29, 0.717) is 19.4 Å². The van der Waals surface area contributed by atoms with Gasteiger partial charge in [-0.1, -0.05) is 56.5 Å². The van der Waals surface area contributed by atoms with Gasteiger partial charge in [0.1, 0.15) is 0 Å². The number of aryl methyl sites for hydroxylation is 1. The van der Waals surface area contributed by atoms with Crippen LogP contribution in [0.5, 0.6) is 11.5 Å². The summed E-state index contributed by atoms with van der Waals surface area (Å²) in [5.41, 5.74) is 8.28. The molecule has 2 rings (SSSR count). The maximum absolute atomic E-state index is 9.31. The number of ether oxygens (including phenoxy) is 2. The van der Waals surface area contributed by atoms with E-state index in [1.807, 2.05) is 18.2 Å². The number of hydrogen-bond acceptors (Lipinski definition) is 5. The summed E-state index contributed by atoms with van der Waals surface area (Å²) in [6.07, 6.45) is 5.92. The molecule has 0 heterocycles. The molecule has 6 heteroatoms. The molecule has 0 spiro atoms. The van der Waals surface area contributed by atoms with Crippen LogP contribution in [0.15, 0.2) is 42.5 Å². The van der Waals surface area contributed by atoms with Gasteiger partial charge < -0.3 is 25.4 Å². The van der Waals surface area contributed by atoms with Crippen LogP contribution in [-0.4, -0.2) is 42.7 Å². The molecule has 0 fully saturated rings. The molecule has 0 aliphatic rings. The topological polar surface area (TPSA) is 84.9 Å². The van der Waals surface area contributed by atoms with Gasteiger partial charge in [-0.25, -0.2) is 0 Å². The van der Waals surface area contributed by atoms with E-state index in [-0.39, 0.29) is 25.6 Å². The van der Waals surface area contributed by atoms with Crippen molar-refractivity contribution in [1.82, 2.24) is 0 Å². The maximum Gasteiger partial charge on any atom is 0.161 e. The average molecular weight is 438 g/mol. The molecular weight excluding hydrogens is 402 g/mol. The number of nitrogens with two attached hydrogens (primary N) is 1. The second kappa shape index (κ2) is 13.5. The first kappa shape index (κ1) is 26.2. The van der Waals surface area contributed by atoms with Crippen LogP contribution in [-0.2, 0) is 6.42 Å². The van der Waals surface area contributed by atoms with E-state index < -0.39 is 5.54 Å². The number of hydrogen-bond donors (Lipinski definition) is 3. The molecule has 0 unspecified atom stereocenters. The molecule has 4 N–H and O–H groups in total. The SMILES string of the molecule is CCCCCCOc1ccc(-c2ccc(CCC(N)(CO)CO)cc2)cc1OC.Cl. The number of rotatable bonds is 13. The Labute approximate surface area is 186 Å². The summed E-state index contributed by atoms with van der Waals surface area (Å²) in [5.74, 6) is 1.51. The Kier molecular flexibility index (Phi) is 11.8. The van der Waals surface area contributed by atoms with Crippen molar-refractivity contribution in [2.75, 3.05) is 26.9 Å². The molecule has 0 amide bonds. The standard InChI is InChI=1S/C24H35NO4.ClH/c1-3-4-5-6-15-29-22-12-11-21(16-23(22)28-2)20-9-7-19(8-10-20)13-14-24(25,17-26)18-27;/h7-12,16,26-27H,3-6,13-15,17-18,25H2,1-2H3;1H. The molecule has 0 saturated heterocycles. The minimum atomic E-state index is -0.932. The zero-order chi connectivity index (χ0) is 21.1. The van der Waals surface area contributed by atoms with Crippen molar-refractivity contribution in [3.63, 3.8) is 0 Å². The summed E-state index contributed by atoms with van der Waals surface area (Å²) in [4.78, 5) is 0. The van der Waals surface area contributed by atoms with Crippen LogP contribution in [0.4, 0.5) is 0 Å². The van der Waals surface area contributed by atoms with Crippen molar-refractivity contribution in [3.8, 4) is 22.6 Å². The lowest BCUT2D eigenvalue weighted by atomic mass is 9.93. The molecular formula is C24H36ClNO4. The third-order valence-electron chi connectivity index (χ3n) is 5.25. The van der Waals surface area contributed by atoms with E-state index in [1.54, 1.807) is 7.11 Å². The molecule has 0 aliphatic carbocycles. The highest BCUT2D eigenvalue weighted by molar-refractivity contribution is 5.85. The number of aliphatic hydroxyl groups excluding tert-OH is 2. The summed E-state index contributed by atoms with van der Waals surface area (Å²) in [6.45, 7) is 2.45. The second-order valence-corrected chi connectivity index (χ2v) is 7.65. The Morgan fingerprint density at radius 2 is 1.57 bits per heavy atom. The van der Waals surface area contributed by atoms with E-state index in [1.165, 1.54) is 19.3 Å². The van der Waals surface area contributed by atoms with Crippen LogP contribution in [0.25, 0.3) is 11.1 Å². The van der Waals surface area contributed by atoms with Crippen LogP contribution >= 0.6 is 12.4 Å². The van der Waals surface area contributed by atoms with Gasteiger partial charge in [0, 0.05) is 0 Å². The molecule has 0 atom stereocenters. The van der Waals surface area contributed by atoms with Crippen LogP contribution in [0, 0.1) is 0 Å². The van der Waals surface area contributed by atoms with Crippen LogP contribution in [0.1, 0.15) is 44.6 Å². The van der Waals surface area contributed by atoms with E-state index in [4.69, 9.17) is 15.2 Å². The number of benzene rings is 2. The molecule has 30 heavy (non-hydrogen) atoms. The minimum absolute atomic E-state index is 0. The first-order valence-corrected chi connectivity index (χ1v) is 10.5. The van der Waals surface area contributed by atoms with E-state index >= 15 is 0 Å². The Morgan fingerprint density at radius 1 is 0.900 bits per heavy atom. The maximum atomic E-state index is 9.31. The van der Waals surface area contributed by atoms with Crippen molar-refractivity contribution in [2.24, 2.45) is 5.73 Å². The quantitative estimate of drug-likeness (QED) is 0.405. The normalized spacial score (nSPS) is 11.1. The van der Waals surface area contributed by atoms with Gasteiger partial charge in [0.2, 0.25) is 0 Å². The Hall–Kier alpha value is -1.79. The third kappa shape index (κ3) is 7.80. The van der Waals surface area contributed by atoms with Crippen molar-refractivity contribution in [2.45, 2.75) is 51.0 Å². The van der Waals surface area contributed by atoms with Gasteiger partial charge in [0.05, 0.1) is 32.5 Å². The fourth-order valence-corrected chi connectivity index (χ4v) is 3.14. The number of halogens is 1. The lowest BCUT2D eigenvalue weighted by Gasteiger charge is -2.24. The van der Waals surface area contributed by atoms with Gasteiger partial charge in [-0.05, 0) is 48.1 Å². The number of aliphatic hydroxyl groups is 2. The summed E-state index contributed by atoms with van der Waals surface area (Å²) in [7, 11) is 1.66. The van der Waals surface area contributed by atoms with Crippen molar-refractivity contribution >= 4 is 12.4 Å². The smallest absolute Gasteiger partial charge is 0.161 e. The minimum Gasteiger partial charge on any atom is -0.493 e. The highest BCUT2D eigenvalue weighted by atomic mass is 35.5. The van der Waals surface area contributed by atoms with E-state index in [9.17, 15) is 10.2 Å². The molecule has 2 aromatic carbocycles. The summed E-state index contributed by atoms with van der Waals surface area (Å²) in [6, 6.07) is 14.2. The van der Waals surface area contributed by atoms with E-state index in [2.05, 4.69) is 31.2 Å².